The van der Waals surface area contributed by atoms with Crippen LogP contribution in [-0.2, 0) is 42.1 Å². The van der Waals surface area contributed by atoms with Gasteiger partial charge in [-0.05, 0) is 81.3 Å². The van der Waals surface area contributed by atoms with Crippen molar-refractivity contribution in [1.29, 1.82) is 0 Å². The lowest BCUT2D eigenvalue weighted by molar-refractivity contribution is -0.180. The second-order valence-electron chi connectivity index (χ2n) is 12.1. The van der Waals surface area contributed by atoms with E-state index in [0.717, 1.165) is 67.4 Å². The van der Waals surface area contributed by atoms with Crippen molar-refractivity contribution in [2.24, 2.45) is 4.99 Å². The van der Waals surface area contributed by atoms with Crippen molar-refractivity contribution in [1.82, 2.24) is 14.9 Å². The Hall–Kier alpha value is -3.97. The van der Waals surface area contributed by atoms with E-state index in [4.69, 9.17) is 23.7 Å². The molecule has 13 nitrogen and oxygen atoms in total. The molecule has 0 bridgehead atoms. The molecule has 0 aromatic heterocycles. The average molecular weight is 703 g/mol. The molecular weight excluding hydrogens is 652 g/mol. The highest BCUT2D eigenvalue weighted by Gasteiger charge is 2.33. The van der Waals surface area contributed by atoms with Gasteiger partial charge in [-0.25, -0.2) is 32.5 Å². The summed E-state index contributed by atoms with van der Waals surface area (Å²) in [5, 5.41) is 2.42. The number of hydrogen-bond donors (Lipinski definition) is 2. The van der Waals surface area contributed by atoms with Crippen LogP contribution in [0.15, 0.2) is 52.4 Å². The van der Waals surface area contributed by atoms with Crippen LogP contribution in [0.25, 0.3) is 0 Å². The third-order valence-electron chi connectivity index (χ3n) is 7.74. The molecule has 0 radical (unpaired) electrons. The lowest BCUT2D eigenvalue weighted by Gasteiger charge is -2.32. The SMILES string of the molecule is CCN=C=O.CCNC(=O)NS(=O)(=O)c1cccc(CCCCOCCCCCCN2C[C@@H](c3ccc4c(c3)COC(C)(C)O4)OC2=O)c1. The zero-order valence-electron chi connectivity index (χ0n) is 29.0. The molecule has 0 saturated carbocycles. The zero-order valence-corrected chi connectivity index (χ0v) is 29.8. The molecule has 0 aliphatic carbocycles. The highest BCUT2D eigenvalue weighted by Crippen LogP contribution is 2.35. The summed E-state index contributed by atoms with van der Waals surface area (Å²) in [6.07, 6.45) is 7.20. The van der Waals surface area contributed by atoms with Gasteiger partial charge in [-0.2, -0.15) is 0 Å². The van der Waals surface area contributed by atoms with Crippen LogP contribution < -0.4 is 14.8 Å². The number of carbonyl (C=O) groups is 2. The molecule has 4 rings (SSSR count). The molecule has 2 N–H and O–H groups in total. The first kappa shape index (κ1) is 39.5. The van der Waals surface area contributed by atoms with Gasteiger partial charge in [-0.15, -0.1) is 0 Å². The molecule has 0 spiro atoms. The van der Waals surface area contributed by atoms with Crippen LogP contribution in [0, 0.1) is 0 Å². The quantitative estimate of drug-likeness (QED) is 0.118. The summed E-state index contributed by atoms with van der Waals surface area (Å²) < 4.78 is 49.8. The minimum absolute atomic E-state index is 0.0729. The Morgan fingerprint density at radius 1 is 1.06 bits per heavy atom. The van der Waals surface area contributed by atoms with Gasteiger partial charge in [0.25, 0.3) is 10.0 Å². The van der Waals surface area contributed by atoms with Gasteiger partial charge in [-0.1, -0.05) is 31.0 Å². The molecule has 2 aromatic carbocycles. The lowest BCUT2D eigenvalue weighted by Crippen LogP contribution is -2.39. The third-order valence-corrected chi connectivity index (χ3v) is 9.07. The predicted molar refractivity (Wildman–Crippen MR) is 183 cm³/mol. The summed E-state index contributed by atoms with van der Waals surface area (Å²) in [5.41, 5.74) is 2.81. The van der Waals surface area contributed by atoms with Crippen molar-refractivity contribution in [2.45, 2.75) is 96.0 Å². The van der Waals surface area contributed by atoms with E-state index in [9.17, 15) is 18.0 Å². The number of urea groups is 1. The van der Waals surface area contributed by atoms with Crippen LogP contribution in [0.1, 0.15) is 89.0 Å². The Balaban J connectivity index is 0.00000121. The number of fused-ring (bicyclic) bond motifs is 1. The van der Waals surface area contributed by atoms with Crippen molar-refractivity contribution in [3.8, 4) is 5.75 Å². The molecule has 2 aliphatic heterocycles. The number of rotatable bonds is 17. The van der Waals surface area contributed by atoms with Crippen LogP contribution in [0.4, 0.5) is 9.59 Å². The number of aryl methyl sites for hydroxylation is 1. The van der Waals surface area contributed by atoms with Crippen LogP contribution >= 0.6 is 0 Å². The predicted octanol–water partition coefficient (Wildman–Crippen LogP) is 5.77. The fourth-order valence-electron chi connectivity index (χ4n) is 5.23. The molecule has 3 amide bonds. The van der Waals surface area contributed by atoms with E-state index in [1.807, 2.05) is 42.8 Å². The summed E-state index contributed by atoms with van der Waals surface area (Å²) in [7, 11) is -3.90. The summed E-state index contributed by atoms with van der Waals surface area (Å²) in [6.45, 7) is 11.2. The zero-order chi connectivity index (χ0) is 35.7. The molecule has 14 heteroatoms. The molecule has 2 aliphatic rings. The number of carbonyl (C=O) groups excluding carboxylic acids is 3. The third kappa shape index (κ3) is 13.5. The van der Waals surface area contributed by atoms with Gasteiger partial charge in [0, 0.05) is 52.3 Å². The van der Waals surface area contributed by atoms with Crippen LogP contribution in [0.5, 0.6) is 5.75 Å². The largest absolute Gasteiger partial charge is 0.463 e. The van der Waals surface area contributed by atoms with Crippen LogP contribution in [0.2, 0.25) is 0 Å². The highest BCUT2D eigenvalue weighted by molar-refractivity contribution is 7.90. The van der Waals surface area contributed by atoms with E-state index >= 15 is 0 Å². The smallest absolute Gasteiger partial charge is 0.410 e. The topological polar surface area (TPSA) is 162 Å². The van der Waals surface area contributed by atoms with Gasteiger partial charge in [0.15, 0.2) is 0 Å². The van der Waals surface area contributed by atoms with Gasteiger partial charge in [0.2, 0.25) is 11.9 Å². The summed E-state index contributed by atoms with van der Waals surface area (Å²) >= 11 is 0. The number of benzene rings is 2. The maximum atomic E-state index is 12.4. The molecule has 270 valence electrons. The number of unbranched alkanes of at least 4 members (excludes halogenated alkanes) is 4. The number of hydrogen-bond acceptors (Lipinski definition) is 10. The van der Waals surface area contributed by atoms with Crippen LogP contribution in [-0.4, -0.2) is 76.7 Å². The number of ether oxygens (including phenoxy) is 4. The van der Waals surface area contributed by atoms with E-state index in [1.54, 1.807) is 30.9 Å². The average Bonchev–Trinajstić information content (AvgIpc) is 3.43. The fourth-order valence-corrected chi connectivity index (χ4v) is 6.23. The van der Waals surface area contributed by atoms with Crippen molar-refractivity contribution in [3.63, 3.8) is 0 Å². The van der Waals surface area contributed by atoms with Gasteiger partial charge in [-0.3, -0.25) is 0 Å². The van der Waals surface area contributed by atoms with Crippen molar-refractivity contribution in [3.05, 3.63) is 59.2 Å². The second kappa shape index (κ2) is 19.9. The Labute approximate surface area is 289 Å². The summed E-state index contributed by atoms with van der Waals surface area (Å²) in [4.78, 5) is 38.2. The van der Waals surface area contributed by atoms with E-state index in [0.29, 0.717) is 46.0 Å². The fraction of sp³-hybridized carbons (Fsp3) is 0.571. The molecule has 1 saturated heterocycles. The van der Waals surface area contributed by atoms with Crippen LogP contribution in [0.3, 0.4) is 0 Å². The molecule has 1 atom stereocenters. The number of isocyanates is 1. The first-order chi connectivity index (χ1) is 23.5. The van der Waals surface area contributed by atoms with Gasteiger partial charge in [0.1, 0.15) is 11.9 Å². The van der Waals surface area contributed by atoms with E-state index in [1.165, 1.54) is 12.1 Å². The van der Waals surface area contributed by atoms with Gasteiger partial charge in [0.05, 0.1) is 18.0 Å². The normalized spacial score (nSPS) is 16.3. The lowest BCUT2D eigenvalue weighted by atomic mass is 10.0. The molecule has 2 aromatic rings. The Kier molecular flexibility index (Phi) is 16.0. The van der Waals surface area contributed by atoms with Crippen molar-refractivity contribution in [2.75, 3.05) is 39.4 Å². The maximum Gasteiger partial charge on any atom is 0.410 e. The standard InChI is InChI=1S/C32H45N3O8S.C3H5NO/c1-4-33-30(36)34-44(38,39)27-14-11-13-24(20-27)12-7-10-19-40-18-9-6-5-8-17-35-22-29(42-31(35)37)25-15-16-28-26(21-25)23-41-32(2,3)43-28;1-2-4-3-5/h11,13-16,20-21,29H,4-10,12,17-19,22-23H2,1-3H3,(H2,33,34,36);2H2,1H3/t29-;/m0./s1. The van der Waals surface area contributed by atoms with E-state index in [2.05, 4.69) is 10.3 Å². The monoisotopic (exact) mass is 702 g/mol. The van der Waals surface area contributed by atoms with Crippen molar-refractivity contribution >= 4 is 28.2 Å². The van der Waals surface area contributed by atoms with Gasteiger partial charge < -0.3 is 29.2 Å². The minimum Gasteiger partial charge on any atom is -0.463 e. The Morgan fingerprint density at radius 2 is 1.82 bits per heavy atom. The maximum absolute atomic E-state index is 12.4. The summed E-state index contributed by atoms with van der Waals surface area (Å²) in [6, 6.07) is 11.8. The minimum atomic E-state index is -3.90. The van der Waals surface area contributed by atoms with E-state index in [-0.39, 0.29) is 17.1 Å². The molecule has 49 heavy (non-hydrogen) atoms. The molecule has 2 heterocycles. The first-order valence-electron chi connectivity index (χ1n) is 16.9. The summed E-state index contributed by atoms with van der Waals surface area (Å²) in [5.74, 6) is 0.164. The Morgan fingerprint density at radius 3 is 2.53 bits per heavy atom. The number of cyclic esters (lactones) is 1. The van der Waals surface area contributed by atoms with Crippen molar-refractivity contribution < 1.29 is 41.7 Å². The molecule has 0 unspecified atom stereocenters. The molecule has 1 fully saturated rings. The number of amides is 3. The highest BCUT2D eigenvalue weighted by atomic mass is 32.2. The Bertz CT molecular complexity index is 1530. The number of nitrogens with one attached hydrogen (secondary N) is 2. The molecular formula is C35H50N4O9S. The van der Waals surface area contributed by atoms with Gasteiger partial charge >= 0.3 is 12.1 Å². The first-order valence-corrected chi connectivity index (χ1v) is 18.4. The number of nitrogens with zero attached hydrogens (tertiary/aromatic N) is 2. The number of sulfonamides is 1. The number of aliphatic imine (C=N–C) groups is 1. The van der Waals surface area contributed by atoms with E-state index < -0.39 is 21.8 Å². The second-order valence-corrected chi connectivity index (χ2v) is 13.8.